The van der Waals surface area contributed by atoms with E-state index in [1.54, 1.807) is 62.5 Å². The first-order valence-corrected chi connectivity index (χ1v) is 16.3. The zero-order chi connectivity index (χ0) is 26.7. The first kappa shape index (κ1) is 27.7. The highest BCUT2D eigenvalue weighted by Gasteiger charge is 2.63. The number of nitrogens with zero attached hydrogens (tertiary/aromatic N) is 1. The third kappa shape index (κ3) is 6.23. The summed E-state index contributed by atoms with van der Waals surface area (Å²) in [6.07, 6.45) is 9.74. The Morgan fingerprint density at radius 1 is 1.11 bits per heavy atom. The zero-order valence-electron chi connectivity index (χ0n) is 21.6. The molecular weight excluding hydrogens is 511 g/mol. The highest BCUT2D eigenvalue weighted by molar-refractivity contribution is 7.90. The number of carbonyl (C=O) groups excluding carboxylic acids is 1. The summed E-state index contributed by atoms with van der Waals surface area (Å²) in [5.41, 5.74) is 0.850. The van der Waals surface area contributed by atoms with E-state index in [4.69, 9.17) is 9.05 Å². The summed E-state index contributed by atoms with van der Waals surface area (Å²) >= 11 is 0. The molecule has 10 heteroatoms. The van der Waals surface area contributed by atoms with Crippen LogP contribution in [0.5, 0.6) is 0 Å². The summed E-state index contributed by atoms with van der Waals surface area (Å²) in [6.45, 7) is 4.04. The van der Waals surface area contributed by atoms with Crippen molar-refractivity contribution >= 4 is 35.2 Å². The van der Waals surface area contributed by atoms with Crippen LogP contribution < -0.4 is 5.32 Å². The molecule has 1 N–H and O–H groups in total. The minimum Gasteiger partial charge on any atom is -0.310 e. The maximum Gasteiger partial charge on any atom is 0.354 e. The molecule has 4 rings (SSSR count). The quantitative estimate of drug-likeness (QED) is 0.354. The van der Waals surface area contributed by atoms with Gasteiger partial charge in [-0.1, -0.05) is 37.8 Å². The molecule has 2 aliphatic carbocycles. The molecule has 8 nitrogen and oxygen atoms in total. The molecule has 1 aromatic heterocycles. The van der Waals surface area contributed by atoms with Gasteiger partial charge < -0.3 is 14.4 Å². The number of hydrogen-bond donors (Lipinski definition) is 1. The number of rotatable bonds is 11. The Labute approximate surface area is 219 Å². The van der Waals surface area contributed by atoms with Gasteiger partial charge in [0.25, 0.3) is 0 Å². The smallest absolute Gasteiger partial charge is 0.310 e. The number of amides is 1. The van der Waals surface area contributed by atoms with E-state index >= 15 is 0 Å². The standard InChI is InChI=1S/C27H35N2O6PS/c1-4-34-36(31,35-5-2)17-16-20-10-15-25(28-19-20)29-26(30)27(18-24(27)21-8-6-7-9-21)22-11-13-23(14-12-22)37(3,32)33/h10-17,19,21,24H,4-9,18H2,1-3H3,(H,28,29,30)/b17-16+. The molecule has 1 amide bonds. The van der Waals surface area contributed by atoms with Gasteiger partial charge in [0.1, 0.15) is 5.82 Å². The Hall–Kier alpha value is -2.32. The summed E-state index contributed by atoms with van der Waals surface area (Å²) in [7, 11) is -6.63. The SMILES string of the molecule is CCOP(=O)(/C=C/c1ccc(NC(=O)C2(c3ccc(S(C)(=O)=O)cc3)CC2C2CCCC2)nc1)OCC. The monoisotopic (exact) mass is 546 g/mol. The second kappa shape index (κ2) is 11.2. The average molecular weight is 547 g/mol. The van der Waals surface area contributed by atoms with E-state index in [1.807, 2.05) is 0 Å². The molecule has 0 bridgehead atoms. The van der Waals surface area contributed by atoms with Gasteiger partial charge in [0, 0.05) is 18.3 Å². The lowest BCUT2D eigenvalue weighted by Crippen LogP contribution is -2.31. The van der Waals surface area contributed by atoms with Crippen LogP contribution in [0.3, 0.4) is 0 Å². The lowest BCUT2D eigenvalue weighted by Gasteiger charge is -2.21. The minimum absolute atomic E-state index is 0.121. The van der Waals surface area contributed by atoms with Gasteiger partial charge in [-0.3, -0.25) is 9.36 Å². The number of carbonyl (C=O) groups is 1. The van der Waals surface area contributed by atoms with Gasteiger partial charge in [0.15, 0.2) is 9.84 Å². The fourth-order valence-corrected chi connectivity index (χ4v) is 7.36. The van der Waals surface area contributed by atoms with Crippen LogP contribution in [-0.2, 0) is 33.7 Å². The molecule has 0 radical (unpaired) electrons. The molecule has 0 spiro atoms. The summed E-state index contributed by atoms with van der Waals surface area (Å²) in [4.78, 5) is 18.3. The number of aromatic nitrogens is 1. The molecule has 37 heavy (non-hydrogen) atoms. The van der Waals surface area contributed by atoms with E-state index in [-0.39, 0.29) is 29.9 Å². The molecule has 2 fully saturated rings. The highest BCUT2D eigenvalue weighted by Crippen LogP contribution is 2.61. The average Bonchev–Trinajstić information content (AvgIpc) is 3.39. The van der Waals surface area contributed by atoms with Crippen molar-refractivity contribution < 1.29 is 26.8 Å². The van der Waals surface area contributed by atoms with Crippen LogP contribution in [0.1, 0.15) is 57.1 Å². The topological polar surface area (TPSA) is 112 Å². The Bertz CT molecular complexity index is 1280. The Balaban J connectivity index is 1.52. The van der Waals surface area contributed by atoms with Crippen molar-refractivity contribution in [2.45, 2.75) is 56.3 Å². The second-order valence-corrected chi connectivity index (χ2v) is 13.7. The molecular formula is C27H35N2O6PS. The molecule has 2 saturated carbocycles. The van der Waals surface area contributed by atoms with Gasteiger partial charge in [-0.25, -0.2) is 13.4 Å². The zero-order valence-corrected chi connectivity index (χ0v) is 23.3. The molecule has 2 unspecified atom stereocenters. The van der Waals surface area contributed by atoms with Gasteiger partial charge in [-0.2, -0.15) is 0 Å². The fourth-order valence-electron chi connectivity index (χ4n) is 5.41. The highest BCUT2D eigenvalue weighted by atomic mass is 32.2. The molecule has 2 aromatic rings. The van der Waals surface area contributed by atoms with Crippen LogP contribution >= 0.6 is 7.60 Å². The van der Waals surface area contributed by atoms with Crippen molar-refractivity contribution in [2.24, 2.45) is 11.8 Å². The van der Waals surface area contributed by atoms with Crippen LogP contribution in [0.25, 0.3) is 6.08 Å². The Morgan fingerprint density at radius 3 is 2.30 bits per heavy atom. The Kier molecular flexibility index (Phi) is 8.38. The Morgan fingerprint density at radius 2 is 1.76 bits per heavy atom. The van der Waals surface area contributed by atoms with Crippen molar-refractivity contribution in [3.05, 3.63) is 59.5 Å². The van der Waals surface area contributed by atoms with Gasteiger partial charge in [0.2, 0.25) is 5.91 Å². The van der Waals surface area contributed by atoms with E-state index in [1.165, 1.54) is 24.9 Å². The molecule has 1 heterocycles. The van der Waals surface area contributed by atoms with Crippen molar-refractivity contribution in [1.29, 1.82) is 0 Å². The van der Waals surface area contributed by atoms with Crippen LogP contribution in [0, 0.1) is 11.8 Å². The van der Waals surface area contributed by atoms with Crippen LogP contribution in [0.4, 0.5) is 5.82 Å². The predicted octanol–water partition coefficient (Wildman–Crippen LogP) is 5.81. The van der Waals surface area contributed by atoms with Crippen LogP contribution in [-0.4, -0.2) is 38.8 Å². The maximum absolute atomic E-state index is 13.7. The van der Waals surface area contributed by atoms with E-state index < -0.39 is 22.8 Å². The first-order valence-electron chi connectivity index (χ1n) is 12.8. The van der Waals surface area contributed by atoms with Gasteiger partial charge >= 0.3 is 7.60 Å². The molecule has 2 atom stereocenters. The summed E-state index contributed by atoms with van der Waals surface area (Å²) < 4.78 is 47.0. The maximum atomic E-state index is 13.7. The number of hydrogen-bond acceptors (Lipinski definition) is 7. The third-order valence-corrected chi connectivity index (χ3v) is 10.2. The van der Waals surface area contributed by atoms with Crippen molar-refractivity contribution in [1.82, 2.24) is 4.98 Å². The van der Waals surface area contributed by atoms with Crippen molar-refractivity contribution in [2.75, 3.05) is 24.8 Å². The van der Waals surface area contributed by atoms with Gasteiger partial charge in [0.05, 0.1) is 23.5 Å². The minimum atomic E-state index is -3.32. The molecule has 2 aliphatic rings. The molecule has 0 aliphatic heterocycles. The van der Waals surface area contributed by atoms with E-state index in [9.17, 15) is 17.8 Å². The van der Waals surface area contributed by atoms with Crippen molar-refractivity contribution in [3.8, 4) is 0 Å². The predicted molar refractivity (Wildman–Crippen MR) is 144 cm³/mol. The molecule has 1 aromatic carbocycles. The summed E-state index contributed by atoms with van der Waals surface area (Å²) in [5.74, 6) is 2.44. The van der Waals surface area contributed by atoms with Gasteiger partial charge in [-0.15, -0.1) is 0 Å². The summed E-state index contributed by atoms with van der Waals surface area (Å²) in [5, 5.41) is 2.99. The van der Waals surface area contributed by atoms with E-state index in [0.717, 1.165) is 24.8 Å². The van der Waals surface area contributed by atoms with Crippen molar-refractivity contribution in [3.63, 3.8) is 0 Å². The van der Waals surface area contributed by atoms with Crippen LogP contribution in [0.2, 0.25) is 0 Å². The molecule has 200 valence electrons. The normalized spacial score (nSPS) is 22.4. The number of anilines is 1. The lowest BCUT2D eigenvalue weighted by atomic mass is 9.86. The largest absolute Gasteiger partial charge is 0.354 e. The number of pyridine rings is 1. The third-order valence-electron chi connectivity index (χ3n) is 7.28. The van der Waals surface area contributed by atoms with Crippen LogP contribution in [0.15, 0.2) is 53.3 Å². The van der Waals surface area contributed by atoms with E-state index in [2.05, 4.69) is 10.3 Å². The number of nitrogens with one attached hydrogen (secondary N) is 1. The van der Waals surface area contributed by atoms with Gasteiger partial charge in [-0.05, 0) is 73.6 Å². The lowest BCUT2D eigenvalue weighted by molar-refractivity contribution is -0.119. The first-order chi connectivity index (χ1) is 17.6. The summed E-state index contributed by atoms with van der Waals surface area (Å²) in [6, 6.07) is 10.2. The molecule has 0 saturated heterocycles. The second-order valence-electron chi connectivity index (χ2n) is 9.75. The number of sulfone groups is 1. The van der Waals surface area contributed by atoms with E-state index in [0.29, 0.717) is 17.3 Å². The fraction of sp³-hybridized carbons (Fsp3) is 0.481. The number of benzene rings is 1.